The Morgan fingerprint density at radius 1 is 1.50 bits per heavy atom. The maximum absolute atomic E-state index is 12.2. The van der Waals surface area contributed by atoms with Crippen LogP contribution in [0.2, 0.25) is 0 Å². The monoisotopic (exact) mass is 330 g/mol. The number of urea groups is 1. The lowest BCUT2D eigenvalue weighted by molar-refractivity contribution is 0.158. The van der Waals surface area contributed by atoms with Crippen molar-refractivity contribution < 1.29 is 22.7 Å². The summed E-state index contributed by atoms with van der Waals surface area (Å²) in [5.74, 6) is 0.946. The van der Waals surface area contributed by atoms with Crippen molar-refractivity contribution in [2.75, 3.05) is 31.2 Å². The zero-order valence-electron chi connectivity index (χ0n) is 12.4. The molecular formula is C14H22N2O5S. The van der Waals surface area contributed by atoms with Crippen molar-refractivity contribution in [1.29, 1.82) is 0 Å². The van der Waals surface area contributed by atoms with Crippen LogP contribution in [0, 0.1) is 0 Å². The number of carbonyl (C=O) groups is 1. The highest BCUT2D eigenvalue weighted by atomic mass is 32.2. The van der Waals surface area contributed by atoms with Gasteiger partial charge in [0.1, 0.15) is 5.76 Å². The fraction of sp³-hybridized carbons (Fsp3) is 0.643. The van der Waals surface area contributed by atoms with E-state index in [0.717, 1.165) is 18.6 Å². The standard InChI is InChI=1S/C14H22N2O5S/c17-8-7-16(12-5-10-22(19,20)11-12)14(18)15-6-1-3-13-4-2-9-21-13/h2,4,9,12,17H,1,3,5-8,10-11H2,(H,15,18)/t12-/m1/s1. The first-order chi connectivity index (χ1) is 10.5. The maximum Gasteiger partial charge on any atom is 0.317 e. The van der Waals surface area contributed by atoms with Crippen LogP contribution in [0.3, 0.4) is 0 Å². The van der Waals surface area contributed by atoms with E-state index < -0.39 is 9.84 Å². The van der Waals surface area contributed by atoms with E-state index >= 15 is 0 Å². The quantitative estimate of drug-likeness (QED) is 0.705. The van der Waals surface area contributed by atoms with Crippen molar-refractivity contribution in [2.24, 2.45) is 0 Å². The number of aryl methyl sites for hydroxylation is 1. The molecule has 0 saturated carbocycles. The number of nitrogens with zero attached hydrogens (tertiary/aromatic N) is 1. The van der Waals surface area contributed by atoms with Crippen LogP contribution in [0.4, 0.5) is 4.79 Å². The zero-order chi connectivity index (χ0) is 16.0. The third-order valence-electron chi connectivity index (χ3n) is 3.71. The van der Waals surface area contributed by atoms with Gasteiger partial charge in [-0.05, 0) is 25.0 Å². The lowest BCUT2D eigenvalue weighted by Gasteiger charge is -2.27. The van der Waals surface area contributed by atoms with E-state index in [1.165, 1.54) is 4.90 Å². The Balaban J connectivity index is 1.79. The highest BCUT2D eigenvalue weighted by Gasteiger charge is 2.34. The number of rotatable bonds is 7. The molecule has 2 rings (SSSR count). The van der Waals surface area contributed by atoms with Gasteiger partial charge >= 0.3 is 6.03 Å². The van der Waals surface area contributed by atoms with E-state index in [9.17, 15) is 13.2 Å². The minimum Gasteiger partial charge on any atom is -0.469 e. The molecule has 0 spiro atoms. The van der Waals surface area contributed by atoms with Crippen LogP contribution in [-0.2, 0) is 16.3 Å². The smallest absolute Gasteiger partial charge is 0.317 e. The number of aliphatic hydroxyl groups is 1. The van der Waals surface area contributed by atoms with E-state index in [1.807, 2.05) is 12.1 Å². The molecule has 1 aromatic rings. The molecule has 1 aromatic heterocycles. The maximum atomic E-state index is 12.2. The van der Waals surface area contributed by atoms with Gasteiger partial charge in [0.2, 0.25) is 0 Å². The Kier molecular flexibility index (Phi) is 5.84. The minimum absolute atomic E-state index is 0.0210. The van der Waals surface area contributed by atoms with E-state index in [4.69, 9.17) is 9.52 Å². The molecule has 1 fully saturated rings. The zero-order valence-corrected chi connectivity index (χ0v) is 13.2. The van der Waals surface area contributed by atoms with E-state index in [0.29, 0.717) is 13.0 Å². The summed E-state index contributed by atoms with van der Waals surface area (Å²) in [6.45, 7) is 0.432. The molecular weight excluding hydrogens is 308 g/mol. The number of hydrogen-bond acceptors (Lipinski definition) is 5. The van der Waals surface area contributed by atoms with Gasteiger partial charge in [0, 0.05) is 25.6 Å². The Morgan fingerprint density at radius 2 is 2.32 bits per heavy atom. The summed E-state index contributed by atoms with van der Waals surface area (Å²) in [5, 5.41) is 11.9. The number of carbonyl (C=O) groups excluding carboxylic acids is 1. The molecule has 2 heterocycles. The first-order valence-electron chi connectivity index (χ1n) is 7.40. The largest absolute Gasteiger partial charge is 0.469 e. The van der Waals surface area contributed by atoms with Crippen LogP contribution < -0.4 is 5.32 Å². The Morgan fingerprint density at radius 3 is 2.91 bits per heavy atom. The second-order valence-electron chi connectivity index (χ2n) is 5.39. The Hall–Kier alpha value is -1.54. The minimum atomic E-state index is -3.06. The fourth-order valence-electron chi connectivity index (χ4n) is 2.59. The van der Waals surface area contributed by atoms with Crippen molar-refractivity contribution in [3.63, 3.8) is 0 Å². The molecule has 1 atom stereocenters. The first kappa shape index (κ1) is 16.8. The number of hydrogen-bond donors (Lipinski definition) is 2. The molecule has 7 nitrogen and oxygen atoms in total. The summed E-state index contributed by atoms with van der Waals surface area (Å²) in [4.78, 5) is 13.6. The fourth-order valence-corrected chi connectivity index (χ4v) is 4.32. The van der Waals surface area contributed by atoms with Gasteiger partial charge in [-0.1, -0.05) is 0 Å². The molecule has 0 aromatic carbocycles. The summed E-state index contributed by atoms with van der Waals surface area (Å²) in [6.07, 6.45) is 3.50. The van der Waals surface area contributed by atoms with Gasteiger partial charge in [-0.15, -0.1) is 0 Å². The molecule has 1 aliphatic rings. The predicted octanol–water partition coefficient (Wildman–Crippen LogP) is 0.403. The molecule has 22 heavy (non-hydrogen) atoms. The molecule has 0 unspecified atom stereocenters. The Labute approximate surface area is 130 Å². The molecule has 0 bridgehead atoms. The van der Waals surface area contributed by atoms with Gasteiger partial charge in [-0.2, -0.15) is 0 Å². The van der Waals surface area contributed by atoms with Gasteiger partial charge in [0.15, 0.2) is 9.84 Å². The number of amides is 2. The van der Waals surface area contributed by atoms with Crippen LogP contribution in [-0.4, -0.2) is 61.7 Å². The number of furan rings is 1. The summed E-state index contributed by atoms with van der Waals surface area (Å²) in [5.41, 5.74) is 0. The molecule has 1 aliphatic heterocycles. The summed E-state index contributed by atoms with van der Waals surface area (Å²) < 4.78 is 28.3. The highest BCUT2D eigenvalue weighted by molar-refractivity contribution is 7.91. The molecule has 8 heteroatoms. The van der Waals surface area contributed by atoms with Crippen LogP contribution >= 0.6 is 0 Å². The summed E-state index contributed by atoms with van der Waals surface area (Å²) >= 11 is 0. The molecule has 1 saturated heterocycles. The normalized spacial score (nSPS) is 20.0. The molecule has 0 radical (unpaired) electrons. The molecule has 2 N–H and O–H groups in total. The van der Waals surface area contributed by atoms with Crippen LogP contribution in [0.25, 0.3) is 0 Å². The summed E-state index contributed by atoms with van der Waals surface area (Å²) in [7, 11) is -3.06. The number of nitrogens with one attached hydrogen (secondary N) is 1. The second-order valence-corrected chi connectivity index (χ2v) is 7.62. The molecule has 124 valence electrons. The van der Waals surface area contributed by atoms with Gasteiger partial charge in [-0.25, -0.2) is 13.2 Å². The third-order valence-corrected chi connectivity index (χ3v) is 5.46. The summed E-state index contributed by atoms with van der Waals surface area (Å²) in [6, 6.07) is 3.03. The van der Waals surface area contributed by atoms with E-state index in [-0.39, 0.29) is 36.7 Å². The number of sulfone groups is 1. The van der Waals surface area contributed by atoms with Crippen LogP contribution in [0.1, 0.15) is 18.6 Å². The topological polar surface area (TPSA) is 99.8 Å². The van der Waals surface area contributed by atoms with Crippen molar-refractivity contribution in [1.82, 2.24) is 10.2 Å². The SMILES string of the molecule is O=C(NCCCc1ccco1)N(CCO)[C@@H]1CCS(=O)(=O)C1. The lowest BCUT2D eigenvalue weighted by atomic mass is 10.2. The van der Waals surface area contributed by atoms with Gasteiger partial charge < -0.3 is 19.7 Å². The second kappa shape index (κ2) is 7.64. The first-order valence-corrected chi connectivity index (χ1v) is 9.22. The van der Waals surface area contributed by atoms with Crippen molar-refractivity contribution in [2.45, 2.75) is 25.3 Å². The average molecular weight is 330 g/mol. The number of aliphatic hydroxyl groups excluding tert-OH is 1. The highest BCUT2D eigenvalue weighted by Crippen LogP contribution is 2.17. The van der Waals surface area contributed by atoms with Gasteiger partial charge in [-0.3, -0.25) is 0 Å². The third kappa shape index (κ3) is 4.74. The average Bonchev–Trinajstić information content (AvgIpc) is 3.10. The lowest BCUT2D eigenvalue weighted by Crippen LogP contribution is -2.48. The predicted molar refractivity (Wildman–Crippen MR) is 81.3 cm³/mol. The van der Waals surface area contributed by atoms with Crippen molar-refractivity contribution in [3.05, 3.63) is 24.2 Å². The van der Waals surface area contributed by atoms with Gasteiger partial charge in [0.05, 0.1) is 24.4 Å². The van der Waals surface area contributed by atoms with E-state index in [1.54, 1.807) is 6.26 Å². The Bertz CT molecular complexity index is 570. The van der Waals surface area contributed by atoms with Crippen molar-refractivity contribution >= 4 is 15.9 Å². The van der Waals surface area contributed by atoms with Crippen LogP contribution in [0.15, 0.2) is 22.8 Å². The molecule has 2 amide bonds. The van der Waals surface area contributed by atoms with Crippen molar-refractivity contribution in [3.8, 4) is 0 Å². The van der Waals surface area contributed by atoms with E-state index in [2.05, 4.69) is 5.32 Å². The molecule has 0 aliphatic carbocycles. The van der Waals surface area contributed by atoms with Gasteiger partial charge in [0.25, 0.3) is 0 Å². The van der Waals surface area contributed by atoms with Crippen LogP contribution in [0.5, 0.6) is 0 Å².